The average Bonchev–Trinajstić information content (AvgIpc) is 2.93. The third-order valence-electron chi connectivity index (χ3n) is 3.56. The molecule has 1 N–H and O–H groups in total. The van der Waals surface area contributed by atoms with E-state index in [1.54, 1.807) is 0 Å². The highest BCUT2D eigenvalue weighted by molar-refractivity contribution is 5.85. The van der Waals surface area contributed by atoms with Gasteiger partial charge in [-0.15, -0.1) is 0 Å². The molecule has 3 aromatic rings. The van der Waals surface area contributed by atoms with Crippen LogP contribution in [0.1, 0.15) is 18.2 Å². The molecule has 0 aliphatic heterocycles. The molecule has 3 nitrogen and oxygen atoms in total. The summed E-state index contributed by atoms with van der Waals surface area (Å²) >= 11 is 0. The van der Waals surface area contributed by atoms with E-state index in [1.165, 1.54) is 22.0 Å². The van der Waals surface area contributed by atoms with Crippen molar-refractivity contribution in [2.45, 2.75) is 20.0 Å². The predicted octanol–water partition coefficient (Wildman–Crippen LogP) is 3.19. The lowest BCUT2D eigenvalue weighted by Crippen LogP contribution is -2.16. The second-order valence-corrected chi connectivity index (χ2v) is 4.90. The lowest BCUT2D eigenvalue weighted by molar-refractivity contribution is 0.607. The largest absolute Gasteiger partial charge is 0.311 e. The highest BCUT2D eigenvalue weighted by atomic mass is 15.3. The van der Waals surface area contributed by atoms with E-state index in [2.05, 4.69) is 70.6 Å². The maximum Gasteiger partial charge on any atom is 0.0669 e. The van der Waals surface area contributed by atoms with Gasteiger partial charge in [-0.25, -0.2) is 0 Å². The minimum absolute atomic E-state index is 0.815. The quantitative estimate of drug-likeness (QED) is 0.768. The van der Waals surface area contributed by atoms with Crippen molar-refractivity contribution < 1.29 is 0 Å². The molecule has 0 fully saturated rings. The molecule has 0 bridgehead atoms. The van der Waals surface area contributed by atoms with Crippen LogP contribution in [0.2, 0.25) is 0 Å². The van der Waals surface area contributed by atoms with Crippen LogP contribution in [0.3, 0.4) is 0 Å². The molecule has 3 rings (SSSR count). The van der Waals surface area contributed by atoms with Crippen LogP contribution in [-0.4, -0.2) is 16.3 Å². The molecule has 1 heterocycles. The summed E-state index contributed by atoms with van der Waals surface area (Å²) < 4.78 is 2.07. The van der Waals surface area contributed by atoms with E-state index in [9.17, 15) is 0 Å². The van der Waals surface area contributed by atoms with E-state index >= 15 is 0 Å². The second-order valence-electron chi connectivity index (χ2n) is 4.90. The summed E-state index contributed by atoms with van der Waals surface area (Å²) in [5.74, 6) is 0. The van der Waals surface area contributed by atoms with Gasteiger partial charge < -0.3 is 5.32 Å². The van der Waals surface area contributed by atoms with Gasteiger partial charge in [0.05, 0.1) is 12.2 Å². The Labute approximate surface area is 119 Å². The van der Waals surface area contributed by atoms with Gasteiger partial charge in [0.15, 0.2) is 0 Å². The summed E-state index contributed by atoms with van der Waals surface area (Å²) in [6, 6.07) is 17.0. The summed E-state index contributed by atoms with van der Waals surface area (Å²) in [5, 5.41) is 10.4. The first-order chi connectivity index (χ1) is 9.88. The molecule has 0 saturated carbocycles. The predicted molar refractivity (Wildman–Crippen MR) is 82.7 cm³/mol. The number of fused-ring (bicyclic) bond motifs is 1. The maximum absolute atomic E-state index is 4.45. The highest BCUT2D eigenvalue weighted by Gasteiger charge is 2.05. The van der Waals surface area contributed by atoms with Crippen LogP contribution in [0.4, 0.5) is 0 Å². The fourth-order valence-corrected chi connectivity index (χ4v) is 2.50. The zero-order valence-corrected chi connectivity index (χ0v) is 11.7. The van der Waals surface area contributed by atoms with Gasteiger partial charge in [-0.3, -0.25) is 4.68 Å². The molecule has 0 radical (unpaired) electrons. The molecule has 0 atom stereocenters. The van der Waals surface area contributed by atoms with Crippen LogP contribution in [0.5, 0.6) is 0 Å². The lowest BCUT2D eigenvalue weighted by Gasteiger charge is -2.10. The van der Waals surface area contributed by atoms with Gasteiger partial charge in [-0.2, -0.15) is 5.10 Å². The monoisotopic (exact) mass is 265 g/mol. The zero-order chi connectivity index (χ0) is 13.8. The Morgan fingerprint density at radius 2 is 1.90 bits per heavy atom. The van der Waals surface area contributed by atoms with Crippen LogP contribution in [0.15, 0.2) is 54.7 Å². The first kappa shape index (κ1) is 12.9. The number of nitrogens with one attached hydrogen (secondary N) is 1. The molecular weight excluding hydrogens is 246 g/mol. The molecule has 20 heavy (non-hydrogen) atoms. The van der Waals surface area contributed by atoms with Crippen LogP contribution in [0, 0.1) is 0 Å². The van der Waals surface area contributed by atoms with E-state index in [4.69, 9.17) is 0 Å². The first-order valence-electron chi connectivity index (χ1n) is 7.06. The summed E-state index contributed by atoms with van der Waals surface area (Å²) in [6.07, 6.45) is 1.87. The first-order valence-corrected chi connectivity index (χ1v) is 7.06. The summed E-state index contributed by atoms with van der Waals surface area (Å²) in [5.41, 5.74) is 2.53. The number of benzene rings is 2. The number of nitrogens with zero attached hydrogens (tertiary/aromatic N) is 2. The number of rotatable bonds is 5. The number of hydrogen-bond donors (Lipinski definition) is 1. The summed E-state index contributed by atoms with van der Waals surface area (Å²) in [7, 11) is 0. The van der Waals surface area contributed by atoms with Crippen molar-refractivity contribution in [2.24, 2.45) is 0 Å². The summed E-state index contributed by atoms with van der Waals surface area (Å²) in [4.78, 5) is 0. The smallest absolute Gasteiger partial charge is 0.0669 e. The Morgan fingerprint density at radius 3 is 2.80 bits per heavy atom. The van der Waals surface area contributed by atoms with Crippen LogP contribution >= 0.6 is 0 Å². The number of hydrogen-bond acceptors (Lipinski definition) is 2. The SMILES string of the molecule is CCNCc1ccnn1Cc1cccc2ccccc12. The van der Waals surface area contributed by atoms with Crippen LogP contribution in [0.25, 0.3) is 10.8 Å². The van der Waals surface area contributed by atoms with Crippen molar-refractivity contribution in [3.8, 4) is 0 Å². The van der Waals surface area contributed by atoms with Crippen molar-refractivity contribution in [3.63, 3.8) is 0 Å². The van der Waals surface area contributed by atoms with Crippen molar-refractivity contribution in [1.29, 1.82) is 0 Å². The van der Waals surface area contributed by atoms with Crippen LogP contribution in [-0.2, 0) is 13.1 Å². The standard InChI is InChI=1S/C17H19N3/c1-2-18-12-16-10-11-19-20(16)13-15-8-5-7-14-6-3-4-9-17(14)15/h3-11,18H,2,12-13H2,1H3. The van der Waals surface area contributed by atoms with E-state index in [1.807, 2.05) is 6.20 Å². The van der Waals surface area contributed by atoms with Crippen molar-refractivity contribution in [1.82, 2.24) is 15.1 Å². The van der Waals surface area contributed by atoms with E-state index in [0.717, 1.165) is 19.6 Å². The van der Waals surface area contributed by atoms with Crippen molar-refractivity contribution in [3.05, 3.63) is 66.0 Å². The molecule has 0 saturated heterocycles. The van der Waals surface area contributed by atoms with Gasteiger partial charge >= 0.3 is 0 Å². The molecule has 102 valence electrons. The summed E-state index contributed by atoms with van der Waals surface area (Å²) in [6.45, 7) is 4.77. The van der Waals surface area contributed by atoms with Gasteiger partial charge in [0, 0.05) is 12.7 Å². The van der Waals surface area contributed by atoms with E-state index in [0.29, 0.717) is 0 Å². The minimum atomic E-state index is 0.815. The lowest BCUT2D eigenvalue weighted by atomic mass is 10.0. The van der Waals surface area contributed by atoms with Gasteiger partial charge in [0.1, 0.15) is 0 Å². The fraction of sp³-hybridized carbons (Fsp3) is 0.235. The fourth-order valence-electron chi connectivity index (χ4n) is 2.50. The molecule has 0 spiro atoms. The Balaban J connectivity index is 1.92. The molecule has 3 heteroatoms. The Hall–Kier alpha value is -2.13. The Kier molecular flexibility index (Phi) is 3.79. The molecule has 0 aliphatic rings. The van der Waals surface area contributed by atoms with Crippen LogP contribution < -0.4 is 5.32 Å². The van der Waals surface area contributed by atoms with Gasteiger partial charge in [0.25, 0.3) is 0 Å². The van der Waals surface area contributed by atoms with E-state index in [-0.39, 0.29) is 0 Å². The highest BCUT2D eigenvalue weighted by Crippen LogP contribution is 2.19. The van der Waals surface area contributed by atoms with Gasteiger partial charge in [-0.05, 0) is 28.9 Å². The van der Waals surface area contributed by atoms with Gasteiger partial charge in [-0.1, -0.05) is 49.4 Å². The Bertz CT molecular complexity index is 695. The third kappa shape index (κ3) is 2.58. The van der Waals surface area contributed by atoms with Crippen molar-refractivity contribution in [2.75, 3.05) is 6.54 Å². The molecular formula is C17H19N3. The topological polar surface area (TPSA) is 29.9 Å². The molecule has 2 aromatic carbocycles. The molecule has 0 aliphatic carbocycles. The number of aromatic nitrogens is 2. The average molecular weight is 265 g/mol. The maximum atomic E-state index is 4.45. The minimum Gasteiger partial charge on any atom is -0.311 e. The van der Waals surface area contributed by atoms with E-state index < -0.39 is 0 Å². The molecule has 0 unspecified atom stereocenters. The third-order valence-corrected chi connectivity index (χ3v) is 3.56. The van der Waals surface area contributed by atoms with Crippen molar-refractivity contribution >= 4 is 10.8 Å². The normalized spacial score (nSPS) is 11.1. The second kappa shape index (κ2) is 5.88. The molecule has 0 amide bonds. The molecule has 1 aromatic heterocycles. The van der Waals surface area contributed by atoms with Gasteiger partial charge in [0.2, 0.25) is 0 Å². The zero-order valence-electron chi connectivity index (χ0n) is 11.7. The Morgan fingerprint density at radius 1 is 1.05 bits per heavy atom.